The third-order valence-corrected chi connectivity index (χ3v) is 7.75. The third kappa shape index (κ3) is 7.45. The van der Waals surface area contributed by atoms with E-state index in [0.717, 1.165) is 47.4 Å². The van der Waals surface area contributed by atoms with Crippen molar-refractivity contribution in [2.24, 2.45) is 0 Å². The highest BCUT2D eigenvalue weighted by Gasteiger charge is 2.33. The standard InChI is InChI=1S/C26H34ClN3O4S/c1-4-24(26(32)28-22-7-5-6-8-22)29(17-20-11-9-19(2)10-12-20)25(31)18-30(35(3,33)34)23-15-13-21(27)14-16-23/h9-16,22,24H,4-8,17-18H2,1-3H3,(H,28,32)/t24-/m1/s1. The van der Waals surface area contributed by atoms with Gasteiger partial charge in [0.25, 0.3) is 0 Å². The number of benzene rings is 2. The van der Waals surface area contributed by atoms with Crippen molar-refractivity contribution < 1.29 is 18.0 Å². The third-order valence-electron chi connectivity index (χ3n) is 6.35. The minimum absolute atomic E-state index is 0.120. The quantitative estimate of drug-likeness (QED) is 0.507. The van der Waals surface area contributed by atoms with Gasteiger partial charge in [-0.3, -0.25) is 13.9 Å². The molecule has 0 spiro atoms. The van der Waals surface area contributed by atoms with E-state index in [4.69, 9.17) is 11.6 Å². The van der Waals surface area contributed by atoms with Crippen LogP contribution in [0.5, 0.6) is 0 Å². The minimum Gasteiger partial charge on any atom is -0.352 e. The van der Waals surface area contributed by atoms with Crippen LogP contribution in [0.1, 0.15) is 50.2 Å². The summed E-state index contributed by atoms with van der Waals surface area (Å²) < 4.78 is 26.3. The fraction of sp³-hybridized carbons (Fsp3) is 0.462. The van der Waals surface area contributed by atoms with Crippen LogP contribution in [-0.2, 0) is 26.2 Å². The summed E-state index contributed by atoms with van der Waals surface area (Å²) in [6.07, 6.45) is 5.51. The van der Waals surface area contributed by atoms with Crippen LogP contribution in [0.25, 0.3) is 0 Å². The number of hydrogen-bond donors (Lipinski definition) is 1. The highest BCUT2D eigenvalue weighted by atomic mass is 35.5. The molecule has 2 aromatic carbocycles. The van der Waals surface area contributed by atoms with Gasteiger partial charge in [0.2, 0.25) is 21.8 Å². The van der Waals surface area contributed by atoms with Crippen LogP contribution < -0.4 is 9.62 Å². The molecule has 0 saturated heterocycles. The van der Waals surface area contributed by atoms with Crippen molar-refractivity contribution in [3.8, 4) is 0 Å². The SMILES string of the molecule is CC[C@H](C(=O)NC1CCCC1)N(Cc1ccc(C)cc1)C(=O)CN(c1ccc(Cl)cc1)S(C)(=O)=O. The van der Waals surface area contributed by atoms with Crippen LogP contribution in [0, 0.1) is 6.92 Å². The maximum absolute atomic E-state index is 13.7. The van der Waals surface area contributed by atoms with E-state index < -0.39 is 28.5 Å². The highest BCUT2D eigenvalue weighted by Crippen LogP contribution is 2.23. The summed E-state index contributed by atoms with van der Waals surface area (Å²) >= 11 is 5.97. The normalized spacial score (nSPS) is 15.0. The zero-order chi connectivity index (χ0) is 25.6. The molecule has 0 aromatic heterocycles. The Balaban J connectivity index is 1.90. The molecule has 0 unspecified atom stereocenters. The van der Waals surface area contributed by atoms with Gasteiger partial charge in [0.15, 0.2) is 0 Å². The van der Waals surface area contributed by atoms with Crippen molar-refractivity contribution in [3.63, 3.8) is 0 Å². The van der Waals surface area contributed by atoms with Crippen molar-refractivity contribution in [1.82, 2.24) is 10.2 Å². The van der Waals surface area contributed by atoms with E-state index in [1.807, 2.05) is 38.1 Å². The molecule has 1 atom stereocenters. The number of amides is 2. The lowest BCUT2D eigenvalue weighted by molar-refractivity contribution is -0.140. The van der Waals surface area contributed by atoms with Crippen molar-refractivity contribution in [3.05, 3.63) is 64.7 Å². The summed E-state index contributed by atoms with van der Waals surface area (Å²) in [7, 11) is -3.77. The number of sulfonamides is 1. The molecule has 1 fully saturated rings. The fourth-order valence-electron chi connectivity index (χ4n) is 4.40. The van der Waals surface area contributed by atoms with Crippen LogP contribution in [0.3, 0.4) is 0 Å². The molecule has 35 heavy (non-hydrogen) atoms. The molecule has 190 valence electrons. The Bertz CT molecular complexity index is 1110. The average Bonchev–Trinajstić information content (AvgIpc) is 3.31. The van der Waals surface area contributed by atoms with Gasteiger partial charge in [-0.15, -0.1) is 0 Å². The molecule has 0 bridgehead atoms. The van der Waals surface area contributed by atoms with Crippen molar-refractivity contribution in [1.29, 1.82) is 0 Å². The van der Waals surface area contributed by atoms with E-state index in [1.165, 1.54) is 4.90 Å². The largest absolute Gasteiger partial charge is 0.352 e. The van der Waals surface area contributed by atoms with Crippen LogP contribution in [0.15, 0.2) is 48.5 Å². The highest BCUT2D eigenvalue weighted by molar-refractivity contribution is 7.92. The van der Waals surface area contributed by atoms with Gasteiger partial charge in [-0.25, -0.2) is 8.42 Å². The molecule has 0 heterocycles. The van der Waals surface area contributed by atoms with E-state index in [1.54, 1.807) is 24.3 Å². The molecule has 1 aliphatic rings. The number of carbonyl (C=O) groups is 2. The Morgan fingerprint density at radius 2 is 1.66 bits per heavy atom. The molecule has 1 N–H and O–H groups in total. The van der Waals surface area contributed by atoms with E-state index >= 15 is 0 Å². The Hall–Kier alpha value is -2.58. The Labute approximate surface area is 213 Å². The summed E-state index contributed by atoms with van der Waals surface area (Å²) in [6.45, 7) is 3.63. The lowest BCUT2D eigenvalue weighted by Crippen LogP contribution is -2.53. The predicted molar refractivity (Wildman–Crippen MR) is 140 cm³/mol. The smallest absolute Gasteiger partial charge is 0.244 e. The van der Waals surface area contributed by atoms with E-state index in [-0.39, 0.29) is 18.5 Å². The monoisotopic (exact) mass is 519 g/mol. The van der Waals surface area contributed by atoms with Gasteiger partial charge in [0.05, 0.1) is 11.9 Å². The average molecular weight is 520 g/mol. The zero-order valence-corrected chi connectivity index (χ0v) is 22.1. The van der Waals surface area contributed by atoms with E-state index in [9.17, 15) is 18.0 Å². The first-order valence-corrected chi connectivity index (χ1v) is 14.2. The molecular weight excluding hydrogens is 486 g/mol. The van der Waals surface area contributed by atoms with Gasteiger partial charge >= 0.3 is 0 Å². The lowest BCUT2D eigenvalue weighted by Gasteiger charge is -2.33. The maximum atomic E-state index is 13.7. The summed E-state index contributed by atoms with van der Waals surface area (Å²) in [5, 5.41) is 3.56. The minimum atomic E-state index is -3.77. The second-order valence-corrected chi connectivity index (χ2v) is 11.5. The molecule has 2 aromatic rings. The van der Waals surface area contributed by atoms with E-state index in [2.05, 4.69) is 5.32 Å². The number of anilines is 1. The number of nitrogens with one attached hydrogen (secondary N) is 1. The Morgan fingerprint density at radius 3 is 2.20 bits per heavy atom. The Kier molecular flexibility index (Phi) is 9.19. The lowest BCUT2D eigenvalue weighted by atomic mass is 10.1. The first-order valence-electron chi connectivity index (χ1n) is 12.0. The van der Waals surface area contributed by atoms with Crippen LogP contribution in [0.2, 0.25) is 5.02 Å². The molecule has 1 aliphatic carbocycles. The molecule has 3 rings (SSSR count). The van der Waals surface area contributed by atoms with E-state index in [0.29, 0.717) is 17.1 Å². The van der Waals surface area contributed by atoms with Crippen LogP contribution in [0.4, 0.5) is 5.69 Å². The number of nitrogens with zero attached hydrogens (tertiary/aromatic N) is 2. The van der Waals surface area contributed by atoms with Gasteiger partial charge in [-0.2, -0.15) is 0 Å². The van der Waals surface area contributed by atoms with Gasteiger partial charge < -0.3 is 10.2 Å². The second-order valence-electron chi connectivity index (χ2n) is 9.17. The van der Waals surface area contributed by atoms with Gasteiger partial charge in [-0.1, -0.05) is 61.2 Å². The number of carbonyl (C=O) groups excluding carboxylic acids is 2. The van der Waals surface area contributed by atoms with Crippen molar-refractivity contribution in [2.75, 3.05) is 17.1 Å². The first-order chi connectivity index (χ1) is 16.6. The Morgan fingerprint density at radius 1 is 1.06 bits per heavy atom. The summed E-state index contributed by atoms with van der Waals surface area (Å²) in [6, 6.07) is 13.4. The second kappa shape index (κ2) is 11.9. The molecule has 1 saturated carbocycles. The molecule has 0 aliphatic heterocycles. The summed E-state index contributed by atoms with van der Waals surface area (Å²) in [4.78, 5) is 28.4. The molecule has 7 nitrogen and oxygen atoms in total. The summed E-state index contributed by atoms with van der Waals surface area (Å²) in [5.41, 5.74) is 2.29. The topological polar surface area (TPSA) is 86.8 Å². The van der Waals surface area contributed by atoms with Crippen molar-refractivity contribution >= 4 is 39.1 Å². The maximum Gasteiger partial charge on any atom is 0.244 e. The number of halogens is 1. The van der Waals surface area contributed by atoms with Gasteiger partial charge in [0, 0.05) is 17.6 Å². The molecule has 9 heteroatoms. The molecule has 2 amide bonds. The molecular formula is C26H34ClN3O4S. The van der Waals surface area contributed by atoms with Crippen LogP contribution >= 0.6 is 11.6 Å². The number of aryl methyl sites for hydroxylation is 1. The predicted octanol–water partition coefficient (Wildman–Crippen LogP) is 4.28. The summed E-state index contributed by atoms with van der Waals surface area (Å²) in [5.74, 6) is -0.642. The van der Waals surface area contributed by atoms with Crippen LogP contribution in [-0.4, -0.2) is 50.0 Å². The number of rotatable bonds is 10. The zero-order valence-electron chi connectivity index (χ0n) is 20.5. The van der Waals surface area contributed by atoms with Crippen molar-refractivity contribution in [2.45, 2.75) is 64.6 Å². The molecule has 0 radical (unpaired) electrons. The van der Waals surface area contributed by atoms with Gasteiger partial charge in [0.1, 0.15) is 12.6 Å². The fourth-order valence-corrected chi connectivity index (χ4v) is 5.37. The first kappa shape index (κ1) is 27.0. The van der Waals surface area contributed by atoms with Gasteiger partial charge in [-0.05, 0) is 56.0 Å². The number of hydrogen-bond acceptors (Lipinski definition) is 4.